The highest BCUT2D eigenvalue weighted by atomic mass is 16.5. The fraction of sp³-hybridized carbons (Fsp3) is 0.318. The number of para-hydroxylation sites is 1. The Morgan fingerprint density at radius 2 is 1.72 bits per heavy atom. The largest absolute Gasteiger partial charge is 0.497 e. The zero-order valence-electron chi connectivity index (χ0n) is 16.6. The maximum absolute atomic E-state index is 12.5. The summed E-state index contributed by atoms with van der Waals surface area (Å²) in [7, 11) is 1.60. The molecule has 0 bridgehead atoms. The molecule has 2 aromatic carbocycles. The molecule has 0 unspecified atom stereocenters. The van der Waals surface area contributed by atoms with Crippen LogP contribution in [0.1, 0.15) is 12.5 Å². The summed E-state index contributed by atoms with van der Waals surface area (Å²) < 4.78 is 5.12. The summed E-state index contributed by atoms with van der Waals surface area (Å²) in [5.41, 5.74) is 1.66. The minimum atomic E-state index is -0.574. The van der Waals surface area contributed by atoms with Gasteiger partial charge in [-0.1, -0.05) is 37.3 Å². The number of amides is 3. The van der Waals surface area contributed by atoms with Crippen LogP contribution in [-0.4, -0.2) is 49.4 Å². The van der Waals surface area contributed by atoms with Crippen molar-refractivity contribution in [3.05, 3.63) is 60.2 Å². The molecular weight excluding hydrogens is 370 g/mol. The Labute approximate surface area is 170 Å². The van der Waals surface area contributed by atoms with E-state index in [1.165, 1.54) is 9.80 Å². The lowest BCUT2D eigenvalue weighted by Crippen LogP contribution is -2.56. The molecule has 0 radical (unpaired) electrons. The highest BCUT2D eigenvalue weighted by Crippen LogP contribution is 2.18. The predicted octanol–water partition coefficient (Wildman–Crippen LogP) is 1.82. The molecule has 1 heterocycles. The fourth-order valence-corrected chi connectivity index (χ4v) is 3.22. The predicted molar refractivity (Wildman–Crippen MR) is 109 cm³/mol. The lowest BCUT2D eigenvalue weighted by atomic mass is 10.1. The van der Waals surface area contributed by atoms with Crippen LogP contribution in [0.3, 0.4) is 0 Å². The van der Waals surface area contributed by atoms with Crippen molar-refractivity contribution in [3.8, 4) is 5.75 Å². The first-order chi connectivity index (χ1) is 14.0. The Hall–Kier alpha value is -3.35. The molecule has 29 heavy (non-hydrogen) atoms. The quantitative estimate of drug-likeness (QED) is 0.726. The fourth-order valence-electron chi connectivity index (χ4n) is 3.22. The minimum Gasteiger partial charge on any atom is -0.497 e. The van der Waals surface area contributed by atoms with Gasteiger partial charge in [-0.15, -0.1) is 0 Å². The van der Waals surface area contributed by atoms with Crippen molar-refractivity contribution < 1.29 is 19.1 Å². The number of nitrogens with one attached hydrogen (secondary N) is 1. The Morgan fingerprint density at radius 1 is 1.03 bits per heavy atom. The van der Waals surface area contributed by atoms with Crippen LogP contribution in [0.15, 0.2) is 54.6 Å². The van der Waals surface area contributed by atoms with E-state index >= 15 is 0 Å². The number of hydrogen-bond donors (Lipinski definition) is 1. The van der Waals surface area contributed by atoms with Crippen molar-refractivity contribution in [1.29, 1.82) is 0 Å². The molecule has 2 aromatic rings. The summed E-state index contributed by atoms with van der Waals surface area (Å²) in [4.78, 5) is 40.3. The van der Waals surface area contributed by atoms with Crippen LogP contribution in [0.25, 0.3) is 0 Å². The molecule has 1 aliphatic heterocycles. The van der Waals surface area contributed by atoms with Crippen LogP contribution in [0, 0.1) is 5.92 Å². The van der Waals surface area contributed by atoms with Crippen LogP contribution in [0.4, 0.5) is 5.69 Å². The summed E-state index contributed by atoms with van der Waals surface area (Å²) in [6.07, 6.45) is 0. The average molecular weight is 395 g/mol. The van der Waals surface area contributed by atoms with Gasteiger partial charge >= 0.3 is 11.8 Å². The SMILES string of the molecule is COc1ccc(CNC(=O)[C@H](C)CN2CCN(c3ccccc3)C(=O)C2=O)cc1. The Morgan fingerprint density at radius 3 is 2.38 bits per heavy atom. The molecule has 0 aliphatic carbocycles. The van der Waals surface area contributed by atoms with Crippen molar-refractivity contribution in [2.24, 2.45) is 5.92 Å². The van der Waals surface area contributed by atoms with Crippen molar-refractivity contribution in [2.75, 3.05) is 31.6 Å². The lowest BCUT2D eigenvalue weighted by molar-refractivity contribution is -0.147. The maximum atomic E-state index is 12.5. The molecule has 0 saturated carbocycles. The van der Waals surface area contributed by atoms with Crippen LogP contribution >= 0.6 is 0 Å². The van der Waals surface area contributed by atoms with E-state index in [0.29, 0.717) is 25.3 Å². The Bertz CT molecular complexity index is 867. The monoisotopic (exact) mass is 395 g/mol. The molecule has 1 fully saturated rings. The standard InChI is InChI=1S/C22H25N3O4/c1-16(20(26)23-14-17-8-10-19(29-2)11-9-17)15-24-12-13-25(22(28)21(24)27)18-6-4-3-5-7-18/h3-11,16H,12-15H2,1-2H3,(H,23,26)/t16-/m1/s1. The van der Waals surface area contributed by atoms with Crippen LogP contribution in [0.2, 0.25) is 0 Å². The van der Waals surface area contributed by atoms with Crippen LogP contribution < -0.4 is 15.0 Å². The second kappa shape index (κ2) is 9.23. The number of nitrogens with zero attached hydrogens (tertiary/aromatic N) is 2. The van der Waals surface area contributed by atoms with Gasteiger partial charge < -0.3 is 19.9 Å². The third kappa shape index (κ3) is 4.93. The maximum Gasteiger partial charge on any atom is 0.316 e. The molecule has 0 aromatic heterocycles. The minimum absolute atomic E-state index is 0.161. The van der Waals surface area contributed by atoms with Gasteiger partial charge in [0, 0.05) is 31.9 Å². The molecule has 1 atom stereocenters. The first-order valence-electron chi connectivity index (χ1n) is 9.56. The van der Waals surface area contributed by atoms with Crippen molar-refractivity contribution in [1.82, 2.24) is 10.2 Å². The summed E-state index contributed by atoms with van der Waals surface area (Å²) in [6, 6.07) is 16.6. The third-order valence-corrected chi connectivity index (χ3v) is 4.94. The molecule has 0 spiro atoms. The van der Waals surface area contributed by atoms with Gasteiger partial charge in [-0.25, -0.2) is 0 Å². The molecular formula is C22H25N3O4. The Balaban J connectivity index is 1.52. The van der Waals surface area contributed by atoms with E-state index in [1.807, 2.05) is 42.5 Å². The van der Waals surface area contributed by atoms with E-state index in [1.54, 1.807) is 26.2 Å². The molecule has 152 valence electrons. The van der Waals surface area contributed by atoms with E-state index in [4.69, 9.17) is 4.74 Å². The number of carbonyl (C=O) groups excluding carboxylic acids is 3. The van der Waals surface area contributed by atoms with Crippen molar-refractivity contribution >= 4 is 23.4 Å². The van der Waals surface area contributed by atoms with E-state index in [0.717, 1.165) is 11.3 Å². The highest BCUT2D eigenvalue weighted by Gasteiger charge is 2.34. The number of ether oxygens (including phenoxy) is 1. The number of hydrogen-bond acceptors (Lipinski definition) is 4. The first-order valence-corrected chi connectivity index (χ1v) is 9.56. The number of piperazine rings is 1. The molecule has 1 N–H and O–H groups in total. The topological polar surface area (TPSA) is 79.0 Å². The number of methoxy groups -OCH3 is 1. The zero-order chi connectivity index (χ0) is 20.8. The van der Waals surface area contributed by atoms with Gasteiger partial charge in [0.2, 0.25) is 5.91 Å². The van der Waals surface area contributed by atoms with Gasteiger partial charge in [0.15, 0.2) is 0 Å². The molecule has 7 nitrogen and oxygen atoms in total. The van der Waals surface area contributed by atoms with E-state index in [2.05, 4.69) is 5.32 Å². The number of rotatable bonds is 7. The summed E-state index contributed by atoms with van der Waals surface area (Å²) in [5, 5.41) is 2.87. The zero-order valence-corrected chi connectivity index (χ0v) is 16.6. The molecule has 1 saturated heterocycles. The molecule has 3 amide bonds. The van der Waals surface area contributed by atoms with Crippen molar-refractivity contribution in [3.63, 3.8) is 0 Å². The van der Waals surface area contributed by atoms with Gasteiger partial charge in [-0.05, 0) is 29.8 Å². The summed E-state index contributed by atoms with van der Waals surface area (Å²) in [6.45, 7) is 3.17. The highest BCUT2D eigenvalue weighted by molar-refractivity contribution is 6.41. The number of carbonyl (C=O) groups is 3. The normalized spacial score (nSPS) is 15.2. The van der Waals surface area contributed by atoms with E-state index in [9.17, 15) is 14.4 Å². The van der Waals surface area contributed by atoms with Crippen molar-refractivity contribution in [2.45, 2.75) is 13.5 Å². The van der Waals surface area contributed by atoms with Gasteiger partial charge in [0.25, 0.3) is 0 Å². The smallest absolute Gasteiger partial charge is 0.316 e. The number of anilines is 1. The Kier molecular flexibility index (Phi) is 6.49. The average Bonchev–Trinajstić information content (AvgIpc) is 2.76. The van der Waals surface area contributed by atoms with Crippen LogP contribution in [-0.2, 0) is 20.9 Å². The first kappa shape index (κ1) is 20.4. The number of benzene rings is 2. The van der Waals surface area contributed by atoms with E-state index in [-0.39, 0.29) is 12.5 Å². The van der Waals surface area contributed by atoms with Gasteiger partial charge in [0.05, 0.1) is 13.0 Å². The van der Waals surface area contributed by atoms with Gasteiger partial charge in [0.1, 0.15) is 5.75 Å². The summed E-state index contributed by atoms with van der Waals surface area (Å²) >= 11 is 0. The van der Waals surface area contributed by atoms with E-state index < -0.39 is 17.7 Å². The van der Waals surface area contributed by atoms with Gasteiger partial charge in [-0.3, -0.25) is 14.4 Å². The van der Waals surface area contributed by atoms with Gasteiger partial charge in [-0.2, -0.15) is 0 Å². The summed E-state index contributed by atoms with van der Waals surface area (Å²) in [5.74, 6) is -0.964. The molecule has 7 heteroatoms. The lowest BCUT2D eigenvalue weighted by Gasteiger charge is -2.34. The van der Waals surface area contributed by atoms with Crippen LogP contribution in [0.5, 0.6) is 5.75 Å². The molecule has 1 aliphatic rings. The third-order valence-electron chi connectivity index (χ3n) is 4.94. The second-order valence-electron chi connectivity index (χ2n) is 7.01. The molecule has 3 rings (SSSR count). The second-order valence-corrected chi connectivity index (χ2v) is 7.01.